The molecule has 0 aliphatic heterocycles. The van der Waals surface area contributed by atoms with Crippen molar-refractivity contribution in [2.75, 3.05) is 0 Å². The molecule has 0 aromatic carbocycles. The van der Waals surface area contributed by atoms with Gasteiger partial charge in [-0.1, -0.05) is 0 Å². The van der Waals surface area contributed by atoms with Gasteiger partial charge in [0.05, 0.1) is 6.04 Å². The summed E-state index contributed by atoms with van der Waals surface area (Å²) >= 11 is 3.58. The number of thiophene rings is 1. The Kier molecular flexibility index (Phi) is 3.97. The van der Waals surface area contributed by atoms with Gasteiger partial charge in [0.25, 0.3) is 0 Å². The summed E-state index contributed by atoms with van der Waals surface area (Å²) in [5.74, 6) is 0. The first-order valence-corrected chi connectivity index (χ1v) is 7.50. The van der Waals surface area contributed by atoms with E-state index in [1.54, 1.807) is 11.3 Å². The molecular formula is C13H18N2S2. The average molecular weight is 266 g/mol. The summed E-state index contributed by atoms with van der Waals surface area (Å²) in [6.45, 7) is 8.75. The van der Waals surface area contributed by atoms with Gasteiger partial charge in [-0.3, -0.25) is 0 Å². The molecular weight excluding hydrogens is 248 g/mol. The smallest absolute Gasteiger partial charge is 0.109 e. The first-order valence-electron chi connectivity index (χ1n) is 5.80. The Balaban J connectivity index is 2.06. The fourth-order valence-corrected chi connectivity index (χ4v) is 3.74. The van der Waals surface area contributed by atoms with Crippen molar-refractivity contribution in [3.8, 4) is 0 Å². The topological polar surface area (TPSA) is 24.9 Å². The Morgan fingerprint density at radius 2 is 2.00 bits per heavy atom. The van der Waals surface area contributed by atoms with Crippen LogP contribution in [-0.2, 0) is 0 Å². The Bertz CT molecular complexity index is 474. The molecule has 17 heavy (non-hydrogen) atoms. The minimum absolute atomic E-state index is 0.310. The standard InChI is InChI=1S/C13H18N2S2/c1-8-7-12(11(4)17-8)9(2)15-10(3)13-14-5-6-16-13/h5-7,9-10,15H,1-4H3. The molecule has 92 valence electrons. The van der Waals surface area contributed by atoms with Crippen LogP contribution >= 0.6 is 22.7 Å². The number of hydrogen-bond acceptors (Lipinski definition) is 4. The van der Waals surface area contributed by atoms with Gasteiger partial charge in [0.15, 0.2) is 0 Å². The molecule has 0 radical (unpaired) electrons. The summed E-state index contributed by atoms with van der Waals surface area (Å²) < 4.78 is 0. The highest BCUT2D eigenvalue weighted by atomic mass is 32.1. The molecule has 1 N–H and O–H groups in total. The van der Waals surface area contributed by atoms with Crippen LogP contribution in [0.4, 0.5) is 0 Å². The lowest BCUT2D eigenvalue weighted by Gasteiger charge is -2.18. The van der Waals surface area contributed by atoms with Crippen molar-refractivity contribution < 1.29 is 0 Å². The Morgan fingerprint density at radius 1 is 1.24 bits per heavy atom. The quantitative estimate of drug-likeness (QED) is 0.895. The van der Waals surface area contributed by atoms with Gasteiger partial charge in [-0.2, -0.15) is 0 Å². The SMILES string of the molecule is Cc1cc(C(C)NC(C)c2nccs2)c(C)s1. The van der Waals surface area contributed by atoms with Crippen molar-refractivity contribution in [2.24, 2.45) is 0 Å². The first-order chi connectivity index (χ1) is 8.08. The van der Waals surface area contributed by atoms with Crippen molar-refractivity contribution in [2.45, 2.75) is 39.8 Å². The molecule has 0 aliphatic rings. The van der Waals surface area contributed by atoms with Crippen LogP contribution in [0.5, 0.6) is 0 Å². The summed E-state index contributed by atoms with van der Waals surface area (Å²) in [6.07, 6.45) is 1.86. The second-order valence-electron chi connectivity index (χ2n) is 4.35. The third-order valence-corrected chi connectivity index (χ3v) is 4.81. The maximum absolute atomic E-state index is 4.35. The van der Waals surface area contributed by atoms with Gasteiger partial charge in [0.2, 0.25) is 0 Å². The van der Waals surface area contributed by atoms with Crippen LogP contribution in [-0.4, -0.2) is 4.98 Å². The predicted molar refractivity (Wildman–Crippen MR) is 75.9 cm³/mol. The van der Waals surface area contributed by atoms with Gasteiger partial charge >= 0.3 is 0 Å². The zero-order chi connectivity index (χ0) is 12.4. The molecule has 0 saturated heterocycles. The molecule has 2 atom stereocenters. The molecule has 2 nitrogen and oxygen atoms in total. The normalized spacial score (nSPS) is 14.8. The largest absolute Gasteiger partial charge is 0.301 e. The number of rotatable bonds is 4. The highest BCUT2D eigenvalue weighted by Gasteiger charge is 2.15. The lowest BCUT2D eigenvalue weighted by Crippen LogP contribution is -2.22. The molecule has 0 saturated carbocycles. The third-order valence-electron chi connectivity index (χ3n) is 2.87. The van der Waals surface area contributed by atoms with E-state index in [4.69, 9.17) is 0 Å². The third kappa shape index (κ3) is 2.94. The molecule has 0 aliphatic carbocycles. The van der Waals surface area contributed by atoms with Gasteiger partial charge < -0.3 is 5.32 Å². The Labute approximate surface area is 111 Å². The van der Waals surface area contributed by atoms with Crippen LogP contribution < -0.4 is 5.32 Å². The number of thiazole rings is 1. The fourth-order valence-electron chi connectivity index (χ4n) is 2.06. The van der Waals surface area contributed by atoms with Gasteiger partial charge in [0.1, 0.15) is 5.01 Å². The van der Waals surface area contributed by atoms with E-state index < -0.39 is 0 Å². The second-order valence-corrected chi connectivity index (χ2v) is 6.74. The summed E-state index contributed by atoms with van der Waals surface area (Å²) in [7, 11) is 0. The number of aromatic nitrogens is 1. The molecule has 0 spiro atoms. The maximum Gasteiger partial charge on any atom is 0.109 e. The summed E-state index contributed by atoms with van der Waals surface area (Å²) in [6, 6.07) is 2.97. The van der Waals surface area contributed by atoms with Gasteiger partial charge in [-0.05, 0) is 39.3 Å². The summed E-state index contributed by atoms with van der Waals surface area (Å²) in [4.78, 5) is 7.14. The highest BCUT2D eigenvalue weighted by Crippen LogP contribution is 2.28. The number of nitrogens with one attached hydrogen (secondary N) is 1. The molecule has 2 rings (SSSR count). The molecule has 4 heteroatoms. The van der Waals surface area contributed by atoms with Crippen LogP contribution in [0.3, 0.4) is 0 Å². The van der Waals surface area contributed by atoms with Crippen molar-refractivity contribution in [1.29, 1.82) is 0 Å². The summed E-state index contributed by atoms with van der Waals surface area (Å²) in [5.41, 5.74) is 1.41. The van der Waals surface area contributed by atoms with E-state index >= 15 is 0 Å². The van der Waals surface area contributed by atoms with E-state index in [2.05, 4.69) is 44.1 Å². The lowest BCUT2D eigenvalue weighted by atomic mass is 10.1. The number of aryl methyl sites for hydroxylation is 2. The monoisotopic (exact) mass is 266 g/mol. The second kappa shape index (κ2) is 5.29. The number of hydrogen-bond donors (Lipinski definition) is 1. The zero-order valence-electron chi connectivity index (χ0n) is 10.7. The van der Waals surface area contributed by atoms with E-state index in [0.29, 0.717) is 12.1 Å². The maximum atomic E-state index is 4.35. The van der Waals surface area contributed by atoms with Crippen LogP contribution in [0.25, 0.3) is 0 Å². The Morgan fingerprint density at radius 3 is 2.53 bits per heavy atom. The minimum Gasteiger partial charge on any atom is -0.301 e. The lowest BCUT2D eigenvalue weighted by molar-refractivity contribution is 0.492. The van der Waals surface area contributed by atoms with Crippen LogP contribution in [0.2, 0.25) is 0 Å². The molecule has 2 unspecified atom stereocenters. The molecule has 0 bridgehead atoms. The van der Waals surface area contributed by atoms with E-state index in [-0.39, 0.29) is 0 Å². The van der Waals surface area contributed by atoms with Crippen LogP contribution in [0.15, 0.2) is 17.6 Å². The van der Waals surface area contributed by atoms with Gasteiger partial charge in [-0.25, -0.2) is 4.98 Å². The van der Waals surface area contributed by atoms with Crippen molar-refractivity contribution in [1.82, 2.24) is 10.3 Å². The van der Waals surface area contributed by atoms with E-state index in [0.717, 1.165) is 5.01 Å². The molecule has 2 aromatic rings. The number of nitrogens with zero attached hydrogens (tertiary/aromatic N) is 1. The Hall–Kier alpha value is -0.710. The van der Waals surface area contributed by atoms with Crippen molar-refractivity contribution in [3.05, 3.63) is 38.0 Å². The van der Waals surface area contributed by atoms with Crippen LogP contribution in [0.1, 0.15) is 46.3 Å². The molecule has 0 amide bonds. The molecule has 2 aromatic heterocycles. The minimum atomic E-state index is 0.310. The molecule has 2 heterocycles. The zero-order valence-corrected chi connectivity index (χ0v) is 12.3. The van der Waals surface area contributed by atoms with Crippen LogP contribution in [0, 0.1) is 13.8 Å². The summed E-state index contributed by atoms with van der Waals surface area (Å²) in [5, 5.41) is 6.79. The van der Waals surface area contributed by atoms with E-state index in [9.17, 15) is 0 Å². The molecule has 0 fully saturated rings. The van der Waals surface area contributed by atoms with Gasteiger partial charge in [0, 0.05) is 27.4 Å². The van der Waals surface area contributed by atoms with E-state index in [1.165, 1.54) is 15.3 Å². The highest BCUT2D eigenvalue weighted by molar-refractivity contribution is 7.12. The predicted octanol–water partition coefficient (Wildman–Crippen LogP) is 4.23. The first kappa shape index (κ1) is 12.7. The van der Waals surface area contributed by atoms with Crippen molar-refractivity contribution >= 4 is 22.7 Å². The van der Waals surface area contributed by atoms with E-state index in [1.807, 2.05) is 22.9 Å². The van der Waals surface area contributed by atoms with Crippen molar-refractivity contribution in [3.63, 3.8) is 0 Å². The average Bonchev–Trinajstić information content (AvgIpc) is 2.87. The van der Waals surface area contributed by atoms with Gasteiger partial charge in [-0.15, -0.1) is 22.7 Å². The fraction of sp³-hybridized carbons (Fsp3) is 0.462.